The van der Waals surface area contributed by atoms with Gasteiger partial charge in [0.25, 0.3) is 0 Å². The van der Waals surface area contributed by atoms with Gasteiger partial charge < -0.3 is 9.64 Å². The van der Waals surface area contributed by atoms with E-state index in [1.807, 2.05) is 7.05 Å². The van der Waals surface area contributed by atoms with Crippen LogP contribution < -0.4 is 0 Å². The molecule has 2 rings (SSSR count). The smallest absolute Gasteiger partial charge is 0.0990 e. The summed E-state index contributed by atoms with van der Waals surface area (Å²) in [5, 5.41) is 7.85. The lowest BCUT2D eigenvalue weighted by molar-refractivity contribution is 0.178. The van der Waals surface area contributed by atoms with E-state index in [0.717, 1.165) is 25.5 Å². The highest BCUT2D eigenvalue weighted by Crippen LogP contribution is 2.32. The van der Waals surface area contributed by atoms with Gasteiger partial charge in [0.1, 0.15) is 0 Å². The summed E-state index contributed by atoms with van der Waals surface area (Å²) in [6.07, 6.45) is 3.53. The molecule has 1 unspecified atom stereocenters. The topological polar surface area (TPSA) is 36.3 Å². The number of hydrogen-bond acceptors (Lipinski definition) is 2. The van der Waals surface area contributed by atoms with Gasteiger partial charge in [-0.05, 0) is 19.3 Å². The molecule has 3 heteroatoms. The van der Waals surface area contributed by atoms with Crippen LogP contribution in [0.4, 0.5) is 0 Å². The summed E-state index contributed by atoms with van der Waals surface area (Å²) >= 11 is 0. The molecule has 2 aliphatic rings. The second-order valence-electron chi connectivity index (χ2n) is 3.79. The highest BCUT2D eigenvalue weighted by Gasteiger charge is 2.32. The van der Waals surface area contributed by atoms with Crippen LogP contribution in [0.15, 0.2) is 0 Å². The minimum Gasteiger partial charge on any atom is -0.379 e. The van der Waals surface area contributed by atoms with Crippen molar-refractivity contribution in [1.29, 1.82) is 5.41 Å². The van der Waals surface area contributed by atoms with Gasteiger partial charge in [0.2, 0.25) is 0 Å². The third kappa shape index (κ3) is 1.46. The van der Waals surface area contributed by atoms with Gasteiger partial charge in [-0.25, -0.2) is 0 Å². The zero-order chi connectivity index (χ0) is 8.55. The molecule has 1 heterocycles. The van der Waals surface area contributed by atoms with Gasteiger partial charge in [-0.2, -0.15) is 0 Å². The summed E-state index contributed by atoms with van der Waals surface area (Å²) in [7, 11) is 2.03. The Morgan fingerprint density at radius 3 is 2.67 bits per heavy atom. The Morgan fingerprint density at radius 2 is 2.17 bits per heavy atom. The minimum atomic E-state index is 0.470. The monoisotopic (exact) mass is 168 g/mol. The van der Waals surface area contributed by atoms with E-state index >= 15 is 0 Å². The number of rotatable bonds is 2. The molecular weight excluding hydrogens is 152 g/mol. The van der Waals surface area contributed by atoms with E-state index in [4.69, 9.17) is 10.1 Å². The van der Waals surface area contributed by atoms with E-state index < -0.39 is 0 Å². The normalized spacial score (nSPS) is 28.9. The lowest BCUT2D eigenvalue weighted by atomic mass is 10.2. The van der Waals surface area contributed by atoms with Crippen molar-refractivity contribution in [2.45, 2.75) is 25.3 Å². The third-order valence-electron chi connectivity index (χ3n) is 2.80. The summed E-state index contributed by atoms with van der Waals surface area (Å²) in [5.41, 5.74) is 0. The maximum atomic E-state index is 7.85. The molecule has 1 aliphatic heterocycles. The number of hydrogen-bond donors (Lipinski definition) is 1. The van der Waals surface area contributed by atoms with Crippen LogP contribution in [-0.4, -0.2) is 37.0 Å². The fraction of sp³-hybridized carbons (Fsp3) is 0.889. The predicted molar refractivity (Wildman–Crippen MR) is 47.4 cm³/mol. The first-order valence-electron chi connectivity index (χ1n) is 4.68. The number of nitrogens with zero attached hydrogens (tertiary/aromatic N) is 1. The van der Waals surface area contributed by atoms with Gasteiger partial charge >= 0.3 is 0 Å². The van der Waals surface area contributed by atoms with E-state index in [1.165, 1.54) is 12.8 Å². The number of nitrogens with one attached hydrogen (secondary N) is 1. The van der Waals surface area contributed by atoms with Crippen molar-refractivity contribution in [2.24, 2.45) is 5.92 Å². The molecule has 12 heavy (non-hydrogen) atoms. The van der Waals surface area contributed by atoms with Crippen molar-refractivity contribution < 1.29 is 4.74 Å². The predicted octanol–water partition coefficient (Wildman–Crippen LogP) is 1.09. The Labute approximate surface area is 73.2 Å². The molecule has 0 aromatic heterocycles. The molecule has 1 saturated carbocycles. The summed E-state index contributed by atoms with van der Waals surface area (Å²) in [6.45, 7) is 1.68. The van der Waals surface area contributed by atoms with Gasteiger partial charge in [-0.15, -0.1) is 0 Å². The molecule has 0 aromatic carbocycles. The fourth-order valence-electron chi connectivity index (χ4n) is 1.67. The molecule has 68 valence electrons. The summed E-state index contributed by atoms with van der Waals surface area (Å²) < 4.78 is 5.29. The van der Waals surface area contributed by atoms with Gasteiger partial charge in [-0.1, -0.05) is 0 Å². The van der Waals surface area contributed by atoms with Gasteiger partial charge in [0.05, 0.1) is 18.5 Å². The largest absolute Gasteiger partial charge is 0.379 e. The first kappa shape index (κ1) is 8.05. The van der Waals surface area contributed by atoms with E-state index in [2.05, 4.69) is 4.90 Å². The van der Waals surface area contributed by atoms with Crippen molar-refractivity contribution >= 4 is 5.84 Å². The lowest BCUT2D eigenvalue weighted by Crippen LogP contribution is -2.37. The van der Waals surface area contributed by atoms with Crippen molar-refractivity contribution in [1.82, 2.24) is 4.90 Å². The number of ether oxygens (including phenoxy) is 1. The first-order chi connectivity index (χ1) is 5.79. The van der Waals surface area contributed by atoms with Crippen LogP contribution in [0.5, 0.6) is 0 Å². The molecule has 3 nitrogen and oxygen atoms in total. The van der Waals surface area contributed by atoms with Crippen LogP contribution >= 0.6 is 0 Å². The fourth-order valence-corrected chi connectivity index (χ4v) is 1.67. The number of amidine groups is 1. The van der Waals surface area contributed by atoms with Crippen molar-refractivity contribution in [3.63, 3.8) is 0 Å². The molecule has 1 aliphatic carbocycles. The van der Waals surface area contributed by atoms with Gasteiger partial charge in [0, 0.05) is 19.6 Å². The quantitative estimate of drug-likeness (QED) is 0.495. The Hall–Kier alpha value is -0.570. The highest BCUT2D eigenvalue weighted by molar-refractivity contribution is 5.83. The van der Waals surface area contributed by atoms with E-state index in [9.17, 15) is 0 Å². The van der Waals surface area contributed by atoms with Crippen LogP contribution in [-0.2, 0) is 4.74 Å². The maximum absolute atomic E-state index is 7.85. The second-order valence-corrected chi connectivity index (χ2v) is 3.79. The zero-order valence-corrected chi connectivity index (χ0v) is 7.55. The van der Waals surface area contributed by atoms with Gasteiger partial charge in [-0.3, -0.25) is 5.41 Å². The first-order valence-corrected chi connectivity index (χ1v) is 4.68. The van der Waals surface area contributed by atoms with Crippen LogP contribution in [0.25, 0.3) is 0 Å². The van der Waals surface area contributed by atoms with E-state index in [0.29, 0.717) is 12.0 Å². The van der Waals surface area contributed by atoms with Crippen molar-refractivity contribution in [2.75, 3.05) is 20.3 Å². The third-order valence-corrected chi connectivity index (χ3v) is 2.80. The van der Waals surface area contributed by atoms with Crippen LogP contribution in [0.3, 0.4) is 0 Å². The van der Waals surface area contributed by atoms with Crippen molar-refractivity contribution in [3.8, 4) is 0 Å². The Morgan fingerprint density at radius 1 is 1.42 bits per heavy atom. The van der Waals surface area contributed by atoms with Crippen molar-refractivity contribution in [3.05, 3.63) is 0 Å². The molecule has 0 amide bonds. The molecule has 0 spiro atoms. The average Bonchev–Trinajstić information content (AvgIpc) is 2.79. The summed E-state index contributed by atoms with van der Waals surface area (Å²) in [5.74, 6) is 1.39. The Kier molecular flexibility index (Phi) is 2.05. The molecule has 0 bridgehead atoms. The van der Waals surface area contributed by atoms with E-state index in [-0.39, 0.29) is 0 Å². The highest BCUT2D eigenvalue weighted by atomic mass is 16.5. The summed E-state index contributed by atoms with van der Waals surface area (Å²) in [6, 6.07) is 0.470. The molecule has 2 fully saturated rings. The van der Waals surface area contributed by atoms with Crippen LogP contribution in [0.1, 0.15) is 19.3 Å². The molecule has 0 aromatic rings. The lowest BCUT2D eigenvalue weighted by Gasteiger charge is -2.25. The molecule has 0 radical (unpaired) electrons. The van der Waals surface area contributed by atoms with E-state index in [1.54, 1.807) is 0 Å². The standard InChI is InChI=1S/C9H16N2O/c1-11(8-4-5-12-6-8)9(10)7-2-3-7/h7-8,10H,2-6H2,1H3. The molecule has 1 atom stereocenters. The Bertz CT molecular complexity index is 183. The summed E-state index contributed by atoms with van der Waals surface area (Å²) in [4.78, 5) is 2.10. The molecule has 1 saturated heterocycles. The zero-order valence-electron chi connectivity index (χ0n) is 7.55. The SMILES string of the molecule is CN(C(=N)C1CC1)C1CCOC1. The average molecular weight is 168 g/mol. The maximum Gasteiger partial charge on any atom is 0.0990 e. The number of likely N-dealkylation sites (N-methyl/N-ethyl adjacent to an activating group) is 1. The Balaban J connectivity index is 1.88. The molecular formula is C9H16N2O. The second kappa shape index (κ2) is 3.05. The molecule has 1 N–H and O–H groups in total. The van der Waals surface area contributed by atoms with Crippen LogP contribution in [0, 0.1) is 11.3 Å². The van der Waals surface area contributed by atoms with Gasteiger partial charge in [0.15, 0.2) is 0 Å². The van der Waals surface area contributed by atoms with Crippen LogP contribution in [0.2, 0.25) is 0 Å². The minimum absolute atomic E-state index is 0.470.